The molecule has 2 rings (SSSR count). The molecule has 2 aliphatic rings. The quantitative estimate of drug-likeness (QED) is 0.589. The summed E-state index contributed by atoms with van der Waals surface area (Å²) < 4.78 is 0. The zero-order valence-corrected chi connectivity index (χ0v) is 7.14. The number of piperidine rings is 1. The summed E-state index contributed by atoms with van der Waals surface area (Å²) in [5.41, 5.74) is 0.113. The highest BCUT2D eigenvalue weighted by Crippen LogP contribution is 2.37. The molecule has 0 aliphatic carbocycles. The van der Waals surface area contributed by atoms with Gasteiger partial charge in [0.25, 0.3) is 0 Å². The Bertz CT molecular complexity index is 160. The summed E-state index contributed by atoms with van der Waals surface area (Å²) in [5.74, 6) is 0.802. The first-order valence-corrected chi connectivity index (χ1v) is 4.63. The van der Waals surface area contributed by atoms with E-state index in [2.05, 4.69) is 12.2 Å². The molecule has 2 N–H and O–H groups in total. The minimum atomic E-state index is 0.113. The van der Waals surface area contributed by atoms with Crippen LogP contribution in [0.3, 0.4) is 0 Å². The highest BCUT2D eigenvalue weighted by molar-refractivity contribution is 5.02. The summed E-state index contributed by atoms with van der Waals surface area (Å²) in [6, 6.07) is 0.700. The van der Waals surface area contributed by atoms with Crippen molar-refractivity contribution in [2.45, 2.75) is 44.2 Å². The molecule has 2 bridgehead atoms. The molecule has 11 heavy (non-hydrogen) atoms. The van der Waals surface area contributed by atoms with Crippen molar-refractivity contribution in [3.8, 4) is 0 Å². The first-order valence-electron chi connectivity index (χ1n) is 4.63. The second-order valence-electron chi connectivity index (χ2n) is 4.36. The second-order valence-corrected chi connectivity index (χ2v) is 4.36. The van der Waals surface area contributed by atoms with Crippen LogP contribution in [0.2, 0.25) is 0 Å². The van der Waals surface area contributed by atoms with Gasteiger partial charge in [-0.1, -0.05) is 6.92 Å². The first-order chi connectivity index (χ1) is 5.24. The Morgan fingerprint density at radius 3 is 3.18 bits per heavy atom. The molecule has 0 aromatic carbocycles. The van der Waals surface area contributed by atoms with Gasteiger partial charge in [-0.3, -0.25) is 0 Å². The molecule has 0 spiro atoms. The smallest absolute Gasteiger partial charge is 0.0613 e. The Labute approximate surface area is 68.0 Å². The van der Waals surface area contributed by atoms with E-state index in [1.807, 2.05) is 0 Å². The number of nitrogens with one attached hydrogen (secondary N) is 1. The molecule has 0 aromatic heterocycles. The maximum atomic E-state index is 9.22. The van der Waals surface area contributed by atoms with Crippen LogP contribution in [0, 0.1) is 5.92 Å². The normalized spacial score (nSPS) is 49.6. The molecular weight excluding hydrogens is 138 g/mol. The lowest BCUT2D eigenvalue weighted by atomic mass is 9.85. The van der Waals surface area contributed by atoms with E-state index in [1.165, 1.54) is 25.7 Å². The molecule has 2 heteroatoms. The van der Waals surface area contributed by atoms with Gasteiger partial charge in [-0.15, -0.1) is 0 Å². The van der Waals surface area contributed by atoms with Crippen LogP contribution in [0.1, 0.15) is 32.6 Å². The van der Waals surface area contributed by atoms with E-state index in [-0.39, 0.29) is 5.54 Å². The molecule has 0 amide bonds. The number of hydrogen-bond acceptors (Lipinski definition) is 2. The third-order valence-electron chi connectivity index (χ3n) is 3.21. The molecule has 2 fully saturated rings. The van der Waals surface area contributed by atoms with Crippen molar-refractivity contribution in [1.82, 2.24) is 5.32 Å². The SMILES string of the molecule is CC1CC2CCC(CO)(C1)N2. The van der Waals surface area contributed by atoms with Crippen molar-refractivity contribution in [3.05, 3.63) is 0 Å². The predicted molar refractivity (Wildman–Crippen MR) is 44.4 cm³/mol. The van der Waals surface area contributed by atoms with Crippen molar-refractivity contribution in [3.63, 3.8) is 0 Å². The second kappa shape index (κ2) is 2.46. The van der Waals surface area contributed by atoms with E-state index in [0.29, 0.717) is 12.6 Å². The van der Waals surface area contributed by atoms with Crippen LogP contribution in [0.15, 0.2) is 0 Å². The maximum absolute atomic E-state index is 9.22. The summed E-state index contributed by atoms with van der Waals surface area (Å²) in [5, 5.41) is 12.8. The van der Waals surface area contributed by atoms with Gasteiger partial charge >= 0.3 is 0 Å². The van der Waals surface area contributed by atoms with E-state index < -0.39 is 0 Å². The third kappa shape index (κ3) is 1.18. The van der Waals surface area contributed by atoms with Gasteiger partial charge in [0.1, 0.15) is 0 Å². The van der Waals surface area contributed by atoms with Crippen LogP contribution in [0.25, 0.3) is 0 Å². The highest BCUT2D eigenvalue weighted by Gasteiger charge is 2.43. The van der Waals surface area contributed by atoms with Crippen LogP contribution < -0.4 is 5.32 Å². The number of aliphatic hydroxyl groups is 1. The number of aliphatic hydroxyl groups excluding tert-OH is 1. The molecule has 3 atom stereocenters. The van der Waals surface area contributed by atoms with Gasteiger partial charge < -0.3 is 10.4 Å². The summed E-state index contributed by atoms with van der Waals surface area (Å²) in [6.07, 6.45) is 4.92. The van der Waals surface area contributed by atoms with E-state index >= 15 is 0 Å². The van der Waals surface area contributed by atoms with Crippen molar-refractivity contribution < 1.29 is 5.11 Å². The average molecular weight is 155 g/mol. The number of hydrogen-bond donors (Lipinski definition) is 2. The molecule has 2 nitrogen and oxygen atoms in total. The van der Waals surface area contributed by atoms with Gasteiger partial charge in [0.05, 0.1) is 6.61 Å². The van der Waals surface area contributed by atoms with E-state index in [1.54, 1.807) is 0 Å². The topological polar surface area (TPSA) is 32.3 Å². The van der Waals surface area contributed by atoms with Crippen molar-refractivity contribution in [2.24, 2.45) is 5.92 Å². The Balaban J connectivity index is 2.12. The van der Waals surface area contributed by atoms with Crippen molar-refractivity contribution in [2.75, 3.05) is 6.61 Å². The largest absolute Gasteiger partial charge is 0.394 e. The molecule has 0 aromatic rings. The summed E-state index contributed by atoms with van der Waals surface area (Å²) in [7, 11) is 0. The lowest BCUT2D eigenvalue weighted by Gasteiger charge is -2.36. The maximum Gasteiger partial charge on any atom is 0.0613 e. The van der Waals surface area contributed by atoms with Crippen molar-refractivity contribution in [1.29, 1.82) is 0 Å². The summed E-state index contributed by atoms with van der Waals surface area (Å²) >= 11 is 0. The fourth-order valence-corrected chi connectivity index (χ4v) is 2.79. The summed E-state index contributed by atoms with van der Waals surface area (Å²) in [4.78, 5) is 0. The lowest BCUT2D eigenvalue weighted by molar-refractivity contribution is 0.124. The highest BCUT2D eigenvalue weighted by atomic mass is 16.3. The lowest BCUT2D eigenvalue weighted by Crippen LogP contribution is -2.51. The minimum absolute atomic E-state index is 0.113. The number of fused-ring (bicyclic) bond motifs is 2. The Kier molecular flexibility index (Phi) is 1.69. The molecule has 3 unspecified atom stereocenters. The van der Waals surface area contributed by atoms with Gasteiger partial charge in [-0.25, -0.2) is 0 Å². The standard InChI is InChI=1S/C9H17NO/c1-7-4-8-2-3-9(5-7,6-11)10-8/h7-8,10-11H,2-6H2,1H3. The van der Waals surface area contributed by atoms with Crippen LogP contribution in [-0.4, -0.2) is 23.3 Å². The fourth-order valence-electron chi connectivity index (χ4n) is 2.79. The third-order valence-corrected chi connectivity index (χ3v) is 3.21. The number of rotatable bonds is 1. The minimum Gasteiger partial charge on any atom is -0.394 e. The van der Waals surface area contributed by atoms with E-state index in [9.17, 15) is 5.11 Å². The molecule has 2 heterocycles. The zero-order valence-electron chi connectivity index (χ0n) is 7.14. The zero-order chi connectivity index (χ0) is 7.90. The van der Waals surface area contributed by atoms with Crippen LogP contribution in [0.4, 0.5) is 0 Å². The van der Waals surface area contributed by atoms with Gasteiger partial charge in [0.15, 0.2) is 0 Å². The molecule has 2 saturated heterocycles. The molecule has 64 valence electrons. The molecule has 2 aliphatic heterocycles. The molecule has 0 saturated carbocycles. The van der Waals surface area contributed by atoms with Gasteiger partial charge in [-0.2, -0.15) is 0 Å². The molecule has 0 radical (unpaired) electrons. The predicted octanol–water partition coefficient (Wildman–Crippen LogP) is 0.899. The summed E-state index contributed by atoms with van der Waals surface area (Å²) in [6.45, 7) is 2.62. The fraction of sp³-hybridized carbons (Fsp3) is 1.00. The van der Waals surface area contributed by atoms with Gasteiger partial charge in [-0.05, 0) is 31.6 Å². The molecular formula is C9H17NO. The average Bonchev–Trinajstić information content (AvgIpc) is 2.28. The van der Waals surface area contributed by atoms with E-state index in [4.69, 9.17) is 0 Å². The Morgan fingerprint density at radius 2 is 2.45 bits per heavy atom. The van der Waals surface area contributed by atoms with Gasteiger partial charge in [0.2, 0.25) is 0 Å². The Morgan fingerprint density at radius 1 is 1.64 bits per heavy atom. The first kappa shape index (κ1) is 7.56. The van der Waals surface area contributed by atoms with Crippen LogP contribution in [0.5, 0.6) is 0 Å². The monoisotopic (exact) mass is 155 g/mol. The van der Waals surface area contributed by atoms with Crippen LogP contribution >= 0.6 is 0 Å². The van der Waals surface area contributed by atoms with Gasteiger partial charge in [0, 0.05) is 11.6 Å². The van der Waals surface area contributed by atoms with Crippen LogP contribution in [-0.2, 0) is 0 Å². The van der Waals surface area contributed by atoms with Crippen molar-refractivity contribution >= 4 is 0 Å². The van der Waals surface area contributed by atoms with E-state index in [0.717, 1.165) is 5.92 Å². The Hall–Kier alpha value is -0.0800.